The number of nitrogens with zero attached hydrogens (tertiary/aromatic N) is 1. The van der Waals surface area contributed by atoms with Crippen LogP contribution in [-0.2, 0) is 17.6 Å². The molecule has 0 bridgehead atoms. The van der Waals surface area contributed by atoms with E-state index < -0.39 is 5.54 Å². The fraction of sp³-hybridized carbons (Fsp3) is 0.600. The number of carbonyl (C=O) groups is 1. The van der Waals surface area contributed by atoms with E-state index in [9.17, 15) is 4.79 Å². The number of amides is 1. The molecule has 0 radical (unpaired) electrons. The van der Waals surface area contributed by atoms with Crippen LogP contribution in [0.4, 0.5) is 0 Å². The number of aryl methyl sites for hydroxylation is 1. The zero-order valence-corrected chi connectivity index (χ0v) is 12.3. The molecule has 0 saturated carbocycles. The van der Waals surface area contributed by atoms with Crippen molar-refractivity contribution in [1.82, 2.24) is 10.3 Å². The van der Waals surface area contributed by atoms with Gasteiger partial charge < -0.3 is 20.3 Å². The molecule has 1 aliphatic rings. The molecule has 21 heavy (non-hydrogen) atoms. The number of rotatable bonds is 6. The summed E-state index contributed by atoms with van der Waals surface area (Å²) < 4.78 is 5.59. The van der Waals surface area contributed by atoms with Crippen LogP contribution in [0.3, 0.4) is 0 Å². The lowest BCUT2D eigenvalue weighted by atomic mass is 9.95. The maximum absolute atomic E-state index is 11.8. The summed E-state index contributed by atoms with van der Waals surface area (Å²) >= 11 is 0. The van der Waals surface area contributed by atoms with Crippen molar-refractivity contribution in [2.24, 2.45) is 0 Å². The standard InChI is InChI=1S/C15H22N2O4/c1-15(9-18,10-19)17-14(20)8-21-13-6-7-16-12-5-3-2-4-11(12)13/h6-7,18-19H,2-5,8-10H2,1H3,(H,17,20). The summed E-state index contributed by atoms with van der Waals surface area (Å²) in [6.45, 7) is 0.755. The Kier molecular flexibility index (Phi) is 5.14. The minimum atomic E-state index is -1.03. The van der Waals surface area contributed by atoms with E-state index in [2.05, 4.69) is 10.3 Å². The number of pyridine rings is 1. The first-order chi connectivity index (χ1) is 10.1. The van der Waals surface area contributed by atoms with E-state index in [4.69, 9.17) is 14.9 Å². The molecule has 0 aliphatic heterocycles. The Labute approximate surface area is 124 Å². The zero-order chi connectivity index (χ0) is 15.3. The highest BCUT2D eigenvalue weighted by atomic mass is 16.5. The van der Waals surface area contributed by atoms with Crippen LogP contribution in [-0.4, -0.2) is 46.5 Å². The third-order valence-electron chi connectivity index (χ3n) is 3.69. The monoisotopic (exact) mass is 294 g/mol. The van der Waals surface area contributed by atoms with Gasteiger partial charge in [0, 0.05) is 17.5 Å². The minimum Gasteiger partial charge on any atom is -0.483 e. The Hall–Kier alpha value is -1.66. The molecule has 1 amide bonds. The number of ether oxygens (including phenoxy) is 1. The topological polar surface area (TPSA) is 91.7 Å². The Morgan fingerprint density at radius 2 is 2.10 bits per heavy atom. The predicted molar refractivity (Wildman–Crippen MR) is 77.1 cm³/mol. The summed E-state index contributed by atoms with van der Waals surface area (Å²) in [4.78, 5) is 16.2. The van der Waals surface area contributed by atoms with Crippen molar-refractivity contribution in [3.8, 4) is 5.75 Å². The van der Waals surface area contributed by atoms with Crippen LogP contribution in [0.25, 0.3) is 0 Å². The van der Waals surface area contributed by atoms with Crippen LogP contribution in [0, 0.1) is 0 Å². The quantitative estimate of drug-likeness (QED) is 0.697. The van der Waals surface area contributed by atoms with Crippen LogP contribution in [0.1, 0.15) is 31.0 Å². The first kappa shape index (κ1) is 15.7. The van der Waals surface area contributed by atoms with Crippen LogP contribution in [0.5, 0.6) is 5.75 Å². The molecular weight excluding hydrogens is 272 g/mol. The molecule has 116 valence electrons. The summed E-state index contributed by atoms with van der Waals surface area (Å²) in [6, 6.07) is 1.77. The molecule has 0 spiro atoms. The summed E-state index contributed by atoms with van der Waals surface area (Å²) in [5.74, 6) is 0.325. The summed E-state index contributed by atoms with van der Waals surface area (Å²) in [5.41, 5.74) is 1.11. The molecule has 0 aromatic carbocycles. The smallest absolute Gasteiger partial charge is 0.258 e. The SMILES string of the molecule is CC(CO)(CO)NC(=O)COc1ccnc2c1CCCC2. The highest BCUT2D eigenvalue weighted by Gasteiger charge is 2.25. The van der Waals surface area contributed by atoms with Gasteiger partial charge in [-0.1, -0.05) is 0 Å². The maximum Gasteiger partial charge on any atom is 0.258 e. The Morgan fingerprint density at radius 3 is 2.81 bits per heavy atom. The van der Waals surface area contributed by atoms with E-state index in [0.29, 0.717) is 5.75 Å². The van der Waals surface area contributed by atoms with Crippen LogP contribution < -0.4 is 10.1 Å². The minimum absolute atomic E-state index is 0.147. The average Bonchev–Trinajstić information content (AvgIpc) is 2.52. The molecule has 0 unspecified atom stereocenters. The van der Waals surface area contributed by atoms with E-state index in [0.717, 1.165) is 36.9 Å². The highest BCUT2D eigenvalue weighted by molar-refractivity contribution is 5.78. The lowest BCUT2D eigenvalue weighted by molar-refractivity contribution is -0.126. The second kappa shape index (κ2) is 6.87. The number of aliphatic hydroxyl groups is 2. The highest BCUT2D eigenvalue weighted by Crippen LogP contribution is 2.27. The molecule has 1 aromatic heterocycles. The third-order valence-corrected chi connectivity index (χ3v) is 3.69. The van der Waals surface area contributed by atoms with Crippen molar-refractivity contribution < 1.29 is 19.7 Å². The summed E-state index contributed by atoms with van der Waals surface area (Å²) in [7, 11) is 0. The predicted octanol–water partition coefficient (Wildman–Crippen LogP) is 0.199. The van der Waals surface area contributed by atoms with Gasteiger partial charge in [-0.25, -0.2) is 0 Å². The summed E-state index contributed by atoms with van der Waals surface area (Å²) in [5, 5.41) is 20.9. The number of aromatic nitrogens is 1. The van der Waals surface area contributed by atoms with Gasteiger partial charge in [-0.3, -0.25) is 9.78 Å². The van der Waals surface area contributed by atoms with Gasteiger partial charge in [0.2, 0.25) is 0 Å². The number of nitrogens with one attached hydrogen (secondary N) is 1. The first-order valence-electron chi connectivity index (χ1n) is 7.20. The van der Waals surface area contributed by atoms with Gasteiger partial charge in [0.1, 0.15) is 5.75 Å². The molecule has 0 atom stereocenters. The van der Waals surface area contributed by atoms with Gasteiger partial charge in [0.05, 0.1) is 18.8 Å². The van der Waals surface area contributed by atoms with E-state index in [1.54, 1.807) is 19.2 Å². The second-order valence-electron chi connectivity index (χ2n) is 5.66. The van der Waals surface area contributed by atoms with E-state index in [1.165, 1.54) is 0 Å². The molecule has 3 N–H and O–H groups in total. The van der Waals surface area contributed by atoms with Crippen LogP contribution in [0.15, 0.2) is 12.3 Å². The molecule has 1 heterocycles. The van der Waals surface area contributed by atoms with Crippen molar-refractivity contribution in [3.05, 3.63) is 23.5 Å². The van der Waals surface area contributed by atoms with Gasteiger partial charge in [0.25, 0.3) is 5.91 Å². The molecule has 1 aromatic rings. The van der Waals surface area contributed by atoms with Crippen molar-refractivity contribution in [2.75, 3.05) is 19.8 Å². The Bertz CT molecular complexity index is 500. The largest absolute Gasteiger partial charge is 0.483 e. The fourth-order valence-corrected chi connectivity index (χ4v) is 2.37. The molecular formula is C15H22N2O4. The average molecular weight is 294 g/mol. The zero-order valence-electron chi connectivity index (χ0n) is 12.3. The molecule has 0 saturated heterocycles. The second-order valence-corrected chi connectivity index (χ2v) is 5.66. The first-order valence-corrected chi connectivity index (χ1v) is 7.20. The third kappa shape index (κ3) is 3.92. The number of hydrogen-bond acceptors (Lipinski definition) is 5. The Balaban J connectivity index is 1.96. The van der Waals surface area contributed by atoms with Crippen LogP contribution >= 0.6 is 0 Å². The lowest BCUT2D eigenvalue weighted by Crippen LogP contribution is -2.53. The molecule has 2 rings (SSSR count). The van der Waals surface area contributed by atoms with Crippen molar-refractivity contribution in [3.63, 3.8) is 0 Å². The molecule has 6 nitrogen and oxygen atoms in total. The lowest BCUT2D eigenvalue weighted by Gasteiger charge is -2.26. The number of hydrogen-bond donors (Lipinski definition) is 3. The van der Waals surface area contributed by atoms with Gasteiger partial charge in [0.15, 0.2) is 6.61 Å². The van der Waals surface area contributed by atoms with Crippen molar-refractivity contribution >= 4 is 5.91 Å². The number of carbonyl (C=O) groups excluding carboxylic acids is 1. The number of fused-ring (bicyclic) bond motifs is 1. The van der Waals surface area contributed by atoms with Gasteiger partial charge in [-0.2, -0.15) is 0 Å². The fourth-order valence-electron chi connectivity index (χ4n) is 2.37. The maximum atomic E-state index is 11.8. The number of aliphatic hydroxyl groups excluding tert-OH is 2. The van der Waals surface area contributed by atoms with E-state index >= 15 is 0 Å². The van der Waals surface area contributed by atoms with E-state index in [1.807, 2.05) is 0 Å². The van der Waals surface area contributed by atoms with E-state index in [-0.39, 0.29) is 25.7 Å². The van der Waals surface area contributed by atoms with Gasteiger partial charge in [-0.15, -0.1) is 0 Å². The molecule has 1 aliphatic carbocycles. The summed E-state index contributed by atoms with van der Waals surface area (Å²) in [6.07, 6.45) is 5.81. The normalized spacial score (nSPS) is 14.4. The van der Waals surface area contributed by atoms with Crippen LogP contribution in [0.2, 0.25) is 0 Å². The molecule has 0 fully saturated rings. The van der Waals surface area contributed by atoms with Crippen molar-refractivity contribution in [1.29, 1.82) is 0 Å². The van der Waals surface area contributed by atoms with Gasteiger partial charge in [-0.05, 0) is 38.7 Å². The van der Waals surface area contributed by atoms with Crippen molar-refractivity contribution in [2.45, 2.75) is 38.1 Å². The molecule has 6 heteroatoms. The Morgan fingerprint density at radius 1 is 1.38 bits per heavy atom. The van der Waals surface area contributed by atoms with Gasteiger partial charge >= 0.3 is 0 Å².